The summed E-state index contributed by atoms with van der Waals surface area (Å²) in [7, 11) is 1.32. The normalized spacial score (nSPS) is 12.0. The molecule has 0 aliphatic carbocycles. The zero-order chi connectivity index (χ0) is 15.1. The molecular formula is C12H16Br2N2O4. The summed E-state index contributed by atoms with van der Waals surface area (Å²) in [5, 5.41) is 2.71. The number of carbonyl (C=O) groups is 2. The van der Waals surface area contributed by atoms with E-state index in [1.165, 1.54) is 7.11 Å². The minimum Gasteiger partial charge on any atom is -0.469 e. The van der Waals surface area contributed by atoms with Crippen LogP contribution in [-0.4, -0.2) is 43.2 Å². The minimum atomic E-state index is -0.404. The predicted molar refractivity (Wildman–Crippen MR) is 80.6 cm³/mol. The number of H-pyrrole nitrogens is 1. The van der Waals surface area contributed by atoms with Crippen LogP contribution in [0.25, 0.3) is 0 Å². The number of hydrogen-bond donors (Lipinski definition) is 2. The molecule has 0 aromatic carbocycles. The Hall–Kier alpha value is -0.860. The number of esters is 1. The van der Waals surface area contributed by atoms with E-state index in [-0.39, 0.29) is 24.8 Å². The first-order valence-corrected chi connectivity index (χ1v) is 7.57. The van der Waals surface area contributed by atoms with Crippen molar-refractivity contribution in [2.45, 2.75) is 19.4 Å². The number of nitrogens with one attached hydrogen (secondary N) is 2. The van der Waals surface area contributed by atoms with Crippen molar-refractivity contribution in [1.82, 2.24) is 10.3 Å². The molecule has 0 saturated carbocycles. The number of rotatable bonds is 7. The SMILES string of the molecule is CCO[C@H](CNC(=O)c1cc(Br)c(Br)[nH]1)CC(=O)OC. The predicted octanol–water partition coefficient (Wildman–Crippen LogP) is 2.24. The maximum absolute atomic E-state index is 11.9. The van der Waals surface area contributed by atoms with Crippen LogP contribution in [0.3, 0.4) is 0 Å². The van der Waals surface area contributed by atoms with Gasteiger partial charge in [-0.05, 0) is 44.8 Å². The summed E-state index contributed by atoms with van der Waals surface area (Å²) < 4.78 is 11.4. The van der Waals surface area contributed by atoms with E-state index in [0.29, 0.717) is 16.9 Å². The van der Waals surface area contributed by atoms with Crippen LogP contribution in [0.1, 0.15) is 23.8 Å². The van der Waals surface area contributed by atoms with Crippen molar-refractivity contribution < 1.29 is 19.1 Å². The number of methoxy groups -OCH3 is 1. The Balaban J connectivity index is 2.53. The van der Waals surface area contributed by atoms with Crippen molar-refractivity contribution in [2.24, 2.45) is 0 Å². The molecular weight excluding hydrogens is 396 g/mol. The third kappa shape index (κ3) is 5.26. The fraction of sp³-hybridized carbons (Fsp3) is 0.500. The summed E-state index contributed by atoms with van der Waals surface area (Å²) in [6.07, 6.45) is -0.304. The van der Waals surface area contributed by atoms with Crippen LogP contribution >= 0.6 is 31.9 Å². The average molecular weight is 412 g/mol. The van der Waals surface area contributed by atoms with E-state index >= 15 is 0 Å². The van der Waals surface area contributed by atoms with Gasteiger partial charge in [0.2, 0.25) is 0 Å². The van der Waals surface area contributed by atoms with Crippen LogP contribution in [0.5, 0.6) is 0 Å². The molecule has 20 heavy (non-hydrogen) atoms. The van der Waals surface area contributed by atoms with Gasteiger partial charge in [0.15, 0.2) is 0 Å². The maximum atomic E-state index is 11.9. The lowest BCUT2D eigenvalue weighted by Gasteiger charge is -2.16. The van der Waals surface area contributed by atoms with E-state index < -0.39 is 6.10 Å². The Morgan fingerprint density at radius 2 is 2.15 bits per heavy atom. The smallest absolute Gasteiger partial charge is 0.308 e. The van der Waals surface area contributed by atoms with Crippen molar-refractivity contribution in [3.8, 4) is 0 Å². The number of carbonyl (C=O) groups excluding carboxylic acids is 2. The molecule has 1 amide bonds. The molecule has 1 aromatic rings. The summed E-state index contributed by atoms with van der Waals surface area (Å²) >= 11 is 6.55. The Labute approximate surface area is 133 Å². The second kappa shape index (κ2) is 8.43. The van der Waals surface area contributed by atoms with Gasteiger partial charge in [0, 0.05) is 13.2 Å². The van der Waals surface area contributed by atoms with E-state index in [1.54, 1.807) is 6.07 Å². The Morgan fingerprint density at radius 1 is 1.45 bits per heavy atom. The van der Waals surface area contributed by atoms with Gasteiger partial charge in [0.25, 0.3) is 5.91 Å². The molecule has 1 aromatic heterocycles. The zero-order valence-corrected chi connectivity index (χ0v) is 14.3. The molecule has 0 aliphatic heterocycles. The number of hydrogen-bond acceptors (Lipinski definition) is 4. The lowest BCUT2D eigenvalue weighted by Crippen LogP contribution is -2.35. The molecule has 0 saturated heterocycles. The van der Waals surface area contributed by atoms with Gasteiger partial charge in [-0.25, -0.2) is 0 Å². The first-order chi connectivity index (χ1) is 9.47. The standard InChI is InChI=1S/C12H16Br2N2O4/c1-3-20-7(4-10(17)19-2)6-15-12(18)9-5-8(13)11(14)16-9/h5,7,16H,3-4,6H2,1-2H3,(H,15,18)/t7-/m0/s1. The van der Waals surface area contributed by atoms with Gasteiger partial charge < -0.3 is 19.8 Å². The monoisotopic (exact) mass is 410 g/mol. The molecule has 0 aliphatic rings. The van der Waals surface area contributed by atoms with Crippen molar-refractivity contribution >= 4 is 43.7 Å². The molecule has 0 spiro atoms. The second-order valence-electron chi connectivity index (χ2n) is 3.91. The van der Waals surface area contributed by atoms with Gasteiger partial charge in [-0.2, -0.15) is 0 Å². The Morgan fingerprint density at radius 3 is 2.65 bits per heavy atom. The quantitative estimate of drug-likeness (QED) is 0.674. The lowest BCUT2D eigenvalue weighted by molar-refractivity contribution is -0.143. The fourth-order valence-electron chi connectivity index (χ4n) is 1.52. The van der Waals surface area contributed by atoms with Gasteiger partial charge in [0.05, 0.1) is 28.7 Å². The van der Waals surface area contributed by atoms with Crippen LogP contribution in [0.15, 0.2) is 15.1 Å². The second-order valence-corrected chi connectivity index (χ2v) is 5.56. The van der Waals surface area contributed by atoms with Gasteiger partial charge in [-0.3, -0.25) is 9.59 Å². The van der Waals surface area contributed by atoms with Crippen LogP contribution in [0, 0.1) is 0 Å². The van der Waals surface area contributed by atoms with Crippen LogP contribution in [0.4, 0.5) is 0 Å². The number of halogens is 2. The molecule has 8 heteroatoms. The summed E-state index contributed by atoms with van der Waals surface area (Å²) in [6, 6.07) is 1.66. The van der Waals surface area contributed by atoms with Crippen LogP contribution in [0.2, 0.25) is 0 Å². The van der Waals surface area contributed by atoms with Gasteiger partial charge in [0.1, 0.15) is 5.69 Å². The van der Waals surface area contributed by atoms with E-state index in [2.05, 4.69) is 46.9 Å². The highest BCUT2D eigenvalue weighted by Crippen LogP contribution is 2.22. The van der Waals surface area contributed by atoms with Crippen LogP contribution in [-0.2, 0) is 14.3 Å². The van der Waals surface area contributed by atoms with E-state index in [9.17, 15) is 9.59 Å². The summed E-state index contributed by atoms with van der Waals surface area (Å²) in [6.45, 7) is 2.51. The Kier molecular flexibility index (Phi) is 7.25. The minimum absolute atomic E-state index is 0.0999. The lowest BCUT2D eigenvalue weighted by atomic mass is 10.2. The van der Waals surface area contributed by atoms with Gasteiger partial charge >= 0.3 is 5.97 Å². The molecule has 1 heterocycles. The largest absolute Gasteiger partial charge is 0.469 e. The molecule has 112 valence electrons. The molecule has 1 atom stereocenters. The molecule has 0 fully saturated rings. The van der Waals surface area contributed by atoms with E-state index in [1.807, 2.05) is 6.92 Å². The number of aromatic amines is 1. The maximum Gasteiger partial charge on any atom is 0.308 e. The molecule has 0 unspecified atom stereocenters. The summed E-state index contributed by atoms with van der Waals surface area (Å²) in [5.74, 6) is -0.644. The summed E-state index contributed by atoms with van der Waals surface area (Å²) in [4.78, 5) is 26.0. The highest BCUT2D eigenvalue weighted by atomic mass is 79.9. The number of aromatic nitrogens is 1. The highest BCUT2D eigenvalue weighted by Gasteiger charge is 2.17. The first-order valence-electron chi connectivity index (χ1n) is 5.98. The highest BCUT2D eigenvalue weighted by molar-refractivity contribution is 9.13. The molecule has 0 radical (unpaired) electrons. The number of amides is 1. The topological polar surface area (TPSA) is 80.4 Å². The van der Waals surface area contributed by atoms with Crippen molar-refractivity contribution in [3.63, 3.8) is 0 Å². The van der Waals surface area contributed by atoms with Crippen molar-refractivity contribution in [3.05, 3.63) is 20.8 Å². The van der Waals surface area contributed by atoms with Gasteiger partial charge in [-0.1, -0.05) is 0 Å². The zero-order valence-electron chi connectivity index (χ0n) is 11.2. The average Bonchev–Trinajstić information content (AvgIpc) is 2.75. The third-order valence-electron chi connectivity index (χ3n) is 2.48. The number of ether oxygens (including phenoxy) is 2. The van der Waals surface area contributed by atoms with E-state index in [4.69, 9.17) is 4.74 Å². The Bertz CT molecular complexity index is 457. The fourth-order valence-corrected chi connectivity index (χ4v) is 2.18. The molecule has 1 rings (SSSR count). The van der Waals surface area contributed by atoms with Gasteiger partial charge in [-0.15, -0.1) is 0 Å². The molecule has 6 nitrogen and oxygen atoms in total. The first kappa shape index (κ1) is 17.2. The summed E-state index contributed by atoms with van der Waals surface area (Å²) in [5.41, 5.74) is 0.414. The van der Waals surface area contributed by atoms with Crippen molar-refractivity contribution in [1.29, 1.82) is 0 Å². The van der Waals surface area contributed by atoms with Crippen molar-refractivity contribution in [2.75, 3.05) is 20.3 Å². The van der Waals surface area contributed by atoms with Crippen LogP contribution < -0.4 is 5.32 Å². The molecule has 0 bridgehead atoms. The van der Waals surface area contributed by atoms with E-state index in [0.717, 1.165) is 4.47 Å². The third-order valence-corrected chi connectivity index (χ3v) is 4.27. The molecule has 2 N–H and O–H groups in total.